The molecular formula is C12H16F3NO3S2. The maximum atomic E-state index is 12.5. The number of anilines is 1. The van der Waals surface area contributed by atoms with Gasteiger partial charge in [0, 0.05) is 11.4 Å². The number of sulfone groups is 1. The topological polar surface area (TPSA) is 77.2 Å². The number of nitrogens with two attached hydrogens (primary N) is 1. The molecular weight excluding hydrogens is 327 g/mol. The Hall–Kier alpha value is -1.09. The van der Waals surface area contributed by atoms with E-state index >= 15 is 0 Å². The van der Waals surface area contributed by atoms with Crippen LogP contribution in [0.25, 0.3) is 0 Å². The molecule has 0 saturated heterocycles. The summed E-state index contributed by atoms with van der Waals surface area (Å²) in [4.78, 5) is 0.0157. The molecule has 0 aliphatic heterocycles. The van der Waals surface area contributed by atoms with Crippen molar-refractivity contribution in [2.24, 2.45) is 0 Å². The van der Waals surface area contributed by atoms with Gasteiger partial charge in [-0.05, 0) is 32.0 Å². The van der Waals surface area contributed by atoms with Gasteiger partial charge in [-0.2, -0.15) is 13.2 Å². The summed E-state index contributed by atoms with van der Waals surface area (Å²) in [7, 11) is -5.12. The van der Waals surface area contributed by atoms with Crippen LogP contribution in [0.1, 0.15) is 19.4 Å². The van der Waals surface area contributed by atoms with Gasteiger partial charge in [-0.25, -0.2) is 8.42 Å². The van der Waals surface area contributed by atoms with E-state index in [2.05, 4.69) is 0 Å². The highest BCUT2D eigenvalue weighted by atomic mass is 32.2. The molecule has 0 aromatic heterocycles. The lowest BCUT2D eigenvalue weighted by Gasteiger charge is -2.11. The van der Waals surface area contributed by atoms with Crippen LogP contribution >= 0.6 is 0 Å². The van der Waals surface area contributed by atoms with Gasteiger partial charge in [0.25, 0.3) is 0 Å². The summed E-state index contributed by atoms with van der Waals surface area (Å²) in [5.41, 5.74) is 4.28. The van der Waals surface area contributed by atoms with Crippen molar-refractivity contribution in [1.82, 2.24) is 0 Å². The lowest BCUT2D eigenvalue weighted by molar-refractivity contribution is -0.137. The molecule has 0 heterocycles. The van der Waals surface area contributed by atoms with E-state index in [1.807, 2.05) is 0 Å². The normalized spacial score (nSPS) is 14.4. The van der Waals surface area contributed by atoms with Crippen LogP contribution in [0.15, 0.2) is 23.1 Å². The summed E-state index contributed by atoms with van der Waals surface area (Å²) in [5.74, 6) is -0.506. The second-order valence-electron chi connectivity index (χ2n) is 4.72. The number of benzene rings is 1. The first-order valence-electron chi connectivity index (χ1n) is 6.02. The summed E-state index contributed by atoms with van der Waals surface area (Å²) in [5, 5.41) is -0.598. The molecule has 9 heteroatoms. The lowest BCUT2D eigenvalue weighted by atomic mass is 10.2. The average Bonchev–Trinajstić information content (AvgIpc) is 2.34. The molecule has 1 aromatic rings. The zero-order chi connectivity index (χ0) is 16.4. The van der Waals surface area contributed by atoms with Crippen molar-refractivity contribution in [2.45, 2.75) is 30.2 Å². The summed E-state index contributed by atoms with van der Waals surface area (Å²) in [6.07, 6.45) is -4.53. The van der Waals surface area contributed by atoms with Crippen LogP contribution in [-0.4, -0.2) is 29.4 Å². The Morgan fingerprint density at radius 3 is 2.29 bits per heavy atom. The van der Waals surface area contributed by atoms with Gasteiger partial charge in [0.15, 0.2) is 9.84 Å². The highest BCUT2D eigenvalue weighted by molar-refractivity contribution is 7.93. The Labute approximate surface area is 123 Å². The number of hydrogen-bond donors (Lipinski definition) is 1. The quantitative estimate of drug-likeness (QED) is 0.832. The SMILES string of the molecule is CC(C)S(=O)(=O)CCS(=O)c1ccc(C(F)(F)F)cc1N. The van der Waals surface area contributed by atoms with Crippen molar-refractivity contribution >= 4 is 26.3 Å². The standard InChI is InChI=1S/C12H16F3NO3S2/c1-8(2)21(18,19)6-5-20(17)11-4-3-9(7-10(11)16)12(13,14)15/h3-4,7-8H,5-6,16H2,1-2H3. The summed E-state index contributed by atoms with van der Waals surface area (Å²) < 4.78 is 72.7. The van der Waals surface area contributed by atoms with Gasteiger partial charge in [0.1, 0.15) is 0 Å². The van der Waals surface area contributed by atoms with Crippen LogP contribution in [0.4, 0.5) is 18.9 Å². The third-order valence-corrected chi connectivity index (χ3v) is 6.76. The van der Waals surface area contributed by atoms with Crippen molar-refractivity contribution in [3.8, 4) is 0 Å². The van der Waals surface area contributed by atoms with Crippen molar-refractivity contribution in [1.29, 1.82) is 0 Å². The molecule has 1 unspecified atom stereocenters. The molecule has 0 radical (unpaired) electrons. The second kappa shape index (κ2) is 6.35. The zero-order valence-corrected chi connectivity index (χ0v) is 13.1. The van der Waals surface area contributed by atoms with Crippen LogP contribution in [0.2, 0.25) is 0 Å². The number of hydrogen-bond acceptors (Lipinski definition) is 4. The highest BCUT2D eigenvalue weighted by Gasteiger charge is 2.31. The molecule has 0 bridgehead atoms. The van der Waals surface area contributed by atoms with Gasteiger partial charge in [-0.1, -0.05) is 0 Å². The number of halogens is 3. The Balaban J connectivity index is 2.90. The Morgan fingerprint density at radius 1 is 1.29 bits per heavy atom. The van der Waals surface area contributed by atoms with Crippen molar-refractivity contribution in [3.63, 3.8) is 0 Å². The molecule has 1 atom stereocenters. The third kappa shape index (κ3) is 4.70. The smallest absolute Gasteiger partial charge is 0.398 e. The van der Waals surface area contributed by atoms with Gasteiger partial charge in [-0.15, -0.1) is 0 Å². The Kier molecular flexibility index (Phi) is 5.43. The maximum absolute atomic E-state index is 12.5. The van der Waals surface area contributed by atoms with Crippen molar-refractivity contribution in [3.05, 3.63) is 23.8 Å². The minimum atomic E-state index is -4.53. The van der Waals surface area contributed by atoms with E-state index in [1.54, 1.807) is 0 Å². The van der Waals surface area contributed by atoms with Crippen LogP contribution in [0.5, 0.6) is 0 Å². The summed E-state index contributed by atoms with van der Waals surface area (Å²) in [6.45, 7) is 3.01. The van der Waals surface area contributed by atoms with Gasteiger partial charge < -0.3 is 5.73 Å². The van der Waals surface area contributed by atoms with E-state index in [-0.39, 0.29) is 22.1 Å². The second-order valence-corrected chi connectivity index (χ2v) is 8.93. The fraction of sp³-hybridized carbons (Fsp3) is 0.500. The predicted molar refractivity (Wildman–Crippen MR) is 76.1 cm³/mol. The Morgan fingerprint density at radius 2 is 1.86 bits per heavy atom. The maximum Gasteiger partial charge on any atom is 0.416 e. The van der Waals surface area contributed by atoms with Crippen LogP contribution in [-0.2, 0) is 26.8 Å². The molecule has 4 nitrogen and oxygen atoms in total. The fourth-order valence-corrected chi connectivity index (χ4v) is 4.24. The molecule has 0 saturated carbocycles. The molecule has 0 fully saturated rings. The first kappa shape index (κ1) is 18.0. The zero-order valence-electron chi connectivity index (χ0n) is 11.5. The number of nitrogen functional groups attached to an aromatic ring is 1. The lowest BCUT2D eigenvalue weighted by Crippen LogP contribution is -2.22. The van der Waals surface area contributed by atoms with Gasteiger partial charge in [0.2, 0.25) is 0 Å². The molecule has 0 spiro atoms. The van der Waals surface area contributed by atoms with E-state index < -0.39 is 37.6 Å². The van der Waals surface area contributed by atoms with E-state index in [1.165, 1.54) is 13.8 Å². The van der Waals surface area contributed by atoms with E-state index in [4.69, 9.17) is 5.73 Å². The predicted octanol–water partition coefficient (Wildman–Crippen LogP) is 2.22. The summed E-state index contributed by atoms with van der Waals surface area (Å²) in [6, 6.07) is 2.50. The van der Waals surface area contributed by atoms with E-state index in [0.29, 0.717) is 6.07 Å². The van der Waals surface area contributed by atoms with Gasteiger partial charge >= 0.3 is 6.18 Å². The minimum absolute atomic E-state index is 0.0157. The van der Waals surface area contributed by atoms with E-state index in [9.17, 15) is 25.8 Å². The van der Waals surface area contributed by atoms with Crippen LogP contribution in [0, 0.1) is 0 Å². The van der Waals surface area contributed by atoms with Gasteiger partial charge in [-0.3, -0.25) is 4.21 Å². The molecule has 120 valence electrons. The molecule has 21 heavy (non-hydrogen) atoms. The molecule has 0 aliphatic rings. The molecule has 1 aromatic carbocycles. The summed E-state index contributed by atoms with van der Waals surface area (Å²) >= 11 is 0. The monoisotopic (exact) mass is 343 g/mol. The first-order chi connectivity index (χ1) is 9.45. The highest BCUT2D eigenvalue weighted by Crippen LogP contribution is 2.32. The minimum Gasteiger partial charge on any atom is -0.398 e. The molecule has 1 rings (SSSR count). The first-order valence-corrected chi connectivity index (χ1v) is 9.05. The Bertz CT molecular complexity index is 640. The van der Waals surface area contributed by atoms with E-state index in [0.717, 1.165) is 12.1 Å². The van der Waals surface area contributed by atoms with Gasteiger partial charge in [0.05, 0.1) is 32.3 Å². The average molecular weight is 343 g/mol. The van der Waals surface area contributed by atoms with Crippen LogP contribution < -0.4 is 5.73 Å². The molecule has 0 amide bonds. The molecule has 0 aliphatic carbocycles. The van der Waals surface area contributed by atoms with Crippen molar-refractivity contribution < 1.29 is 25.8 Å². The number of rotatable bonds is 5. The van der Waals surface area contributed by atoms with Crippen molar-refractivity contribution in [2.75, 3.05) is 17.2 Å². The largest absolute Gasteiger partial charge is 0.416 e. The van der Waals surface area contributed by atoms with Crippen LogP contribution in [0.3, 0.4) is 0 Å². The number of alkyl halides is 3. The third-order valence-electron chi connectivity index (χ3n) is 2.85. The fourth-order valence-electron chi connectivity index (χ4n) is 1.47. The molecule has 2 N–H and O–H groups in total.